The number of halogens is 3. The standard InChI is InChI=1S/C16H17BrClFN4O3/c17-9-7-10(14(24)11(18)8-9)16(25)22-21-13-2-1-12(19)15(20-13)23-3-5-26-6-4-23/h1-2,7,11,24H,3-6,8H2,(H,20,21)(H,22,25). The second-order valence-corrected chi connectivity index (χ2v) is 7.29. The highest BCUT2D eigenvalue weighted by atomic mass is 79.9. The number of hydrazine groups is 1. The third-order valence-corrected chi connectivity index (χ3v) is 4.85. The van der Waals surface area contributed by atoms with Crippen molar-refractivity contribution in [1.82, 2.24) is 10.4 Å². The summed E-state index contributed by atoms with van der Waals surface area (Å²) in [6.45, 7) is 2.08. The van der Waals surface area contributed by atoms with Gasteiger partial charge in [0.05, 0.1) is 24.2 Å². The summed E-state index contributed by atoms with van der Waals surface area (Å²) in [7, 11) is 0. The molecule has 1 fully saturated rings. The lowest BCUT2D eigenvalue weighted by Gasteiger charge is -2.28. The number of anilines is 2. The van der Waals surface area contributed by atoms with Crippen molar-refractivity contribution in [3.05, 3.63) is 39.8 Å². The minimum atomic E-state index is -0.674. The molecule has 1 aliphatic heterocycles. The number of aromatic nitrogens is 1. The van der Waals surface area contributed by atoms with Crippen LogP contribution in [0.15, 0.2) is 34.0 Å². The smallest absolute Gasteiger partial charge is 0.273 e. The molecule has 3 N–H and O–H groups in total. The van der Waals surface area contributed by atoms with Gasteiger partial charge in [-0.25, -0.2) is 9.37 Å². The predicted molar refractivity (Wildman–Crippen MR) is 99.9 cm³/mol. The first kappa shape index (κ1) is 18.9. The zero-order chi connectivity index (χ0) is 18.7. The first-order valence-electron chi connectivity index (χ1n) is 7.94. The van der Waals surface area contributed by atoms with Crippen LogP contribution in [0.5, 0.6) is 0 Å². The van der Waals surface area contributed by atoms with Crippen LogP contribution in [-0.4, -0.2) is 47.7 Å². The lowest BCUT2D eigenvalue weighted by Crippen LogP contribution is -2.38. The number of ether oxygens (including phenoxy) is 1. The fraction of sp³-hybridized carbons (Fsp3) is 0.375. The van der Waals surface area contributed by atoms with E-state index in [1.54, 1.807) is 4.90 Å². The summed E-state index contributed by atoms with van der Waals surface area (Å²) in [4.78, 5) is 18.3. The number of carbonyl (C=O) groups is 1. The average molecular weight is 448 g/mol. The van der Waals surface area contributed by atoms with Gasteiger partial charge in [-0.15, -0.1) is 11.6 Å². The largest absolute Gasteiger partial charge is 0.510 e. The molecule has 1 aromatic heterocycles. The molecule has 2 aliphatic rings. The highest BCUT2D eigenvalue weighted by Gasteiger charge is 2.25. The lowest BCUT2D eigenvalue weighted by molar-refractivity contribution is -0.116. The van der Waals surface area contributed by atoms with E-state index in [1.165, 1.54) is 18.2 Å². The Morgan fingerprint density at radius 3 is 2.88 bits per heavy atom. The van der Waals surface area contributed by atoms with Crippen LogP contribution in [0.1, 0.15) is 6.42 Å². The van der Waals surface area contributed by atoms with Crippen LogP contribution < -0.4 is 15.8 Å². The van der Waals surface area contributed by atoms with E-state index in [9.17, 15) is 14.3 Å². The molecular weight excluding hydrogens is 431 g/mol. The Hall–Kier alpha value is -1.84. The van der Waals surface area contributed by atoms with Crippen molar-refractivity contribution in [2.45, 2.75) is 11.8 Å². The van der Waals surface area contributed by atoms with Gasteiger partial charge in [0.2, 0.25) is 0 Å². The molecule has 7 nitrogen and oxygen atoms in total. The number of rotatable bonds is 4. The van der Waals surface area contributed by atoms with Crippen molar-refractivity contribution >= 4 is 45.1 Å². The number of hydrogen-bond acceptors (Lipinski definition) is 6. The second kappa shape index (κ2) is 8.24. The maximum atomic E-state index is 14.1. The highest BCUT2D eigenvalue weighted by Crippen LogP contribution is 2.30. The fourth-order valence-corrected chi connectivity index (χ4v) is 3.62. The molecule has 0 radical (unpaired) electrons. The van der Waals surface area contributed by atoms with Crippen molar-refractivity contribution in [3.8, 4) is 0 Å². The molecule has 0 saturated carbocycles. The molecule has 1 saturated heterocycles. The molecular formula is C16H17BrClFN4O3. The summed E-state index contributed by atoms with van der Waals surface area (Å²) < 4.78 is 20.0. The van der Waals surface area contributed by atoms with E-state index in [2.05, 4.69) is 31.8 Å². The Kier molecular flexibility index (Phi) is 6.00. The number of morpholine rings is 1. The second-order valence-electron chi connectivity index (χ2n) is 5.74. The van der Waals surface area contributed by atoms with Gasteiger partial charge in [0.25, 0.3) is 5.91 Å². The number of nitrogens with zero attached hydrogens (tertiary/aromatic N) is 2. The van der Waals surface area contributed by atoms with Crippen LogP contribution in [0.4, 0.5) is 16.0 Å². The number of aliphatic hydroxyl groups is 1. The van der Waals surface area contributed by atoms with E-state index < -0.39 is 17.1 Å². The van der Waals surface area contributed by atoms with Crippen molar-refractivity contribution in [3.63, 3.8) is 0 Å². The van der Waals surface area contributed by atoms with Crippen molar-refractivity contribution in [1.29, 1.82) is 0 Å². The third kappa shape index (κ3) is 4.28. The molecule has 26 heavy (non-hydrogen) atoms. The summed E-state index contributed by atoms with van der Waals surface area (Å²) in [6, 6.07) is 2.68. The van der Waals surface area contributed by atoms with Crippen LogP contribution >= 0.6 is 27.5 Å². The molecule has 1 aliphatic carbocycles. The Balaban J connectivity index is 1.70. The molecule has 1 aromatic rings. The first-order chi connectivity index (χ1) is 12.5. The molecule has 10 heteroatoms. The van der Waals surface area contributed by atoms with E-state index >= 15 is 0 Å². The van der Waals surface area contributed by atoms with Crippen LogP contribution in [0.2, 0.25) is 0 Å². The molecule has 1 atom stereocenters. The van der Waals surface area contributed by atoms with Gasteiger partial charge >= 0.3 is 0 Å². The van der Waals surface area contributed by atoms with E-state index in [0.29, 0.717) is 37.2 Å². The van der Waals surface area contributed by atoms with Gasteiger partial charge in [0.1, 0.15) is 11.6 Å². The SMILES string of the molecule is O=C(NNc1ccc(F)c(N2CCOCC2)n1)C1=C(O)C(Cl)CC(Br)=C1. The highest BCUT2D eigenvalue weighted by molar-refractivity contribution is 9.11. The van der Waals surface area contributed by atoms with Crippen molar-refractivity contribution in [2.24, 2.45) is 0 Å². The summed E-state index contributed by atoms with van der Waals surface area (Å²) in [5.74, 6) is -0.773. The van der Waals surface area contributed by atoms with E-state index in [-0.39, 0.29) is 23.0 Å². The van der Waals surface area contributed by atoms with Crippen LogP contribution in [0, 0.1) is 5.82 Å². The quantitative estimate of drug-likeness (QED) is 0.486. The average Bonchev–Trinajstić information content (AvgIpc) is 2.64. The predicted octanol–water partition coefficient (Wildman–Crippen LogP) is 2.60. The van der Waals surface area contributed by atoms with Gasteiger partial charge in [-0.3, -0.25) is 15.6 Å². The number of aliphatic hydroxyl groups excluding tert-OH is 1. The normalized spacial score (nSPS) is 20.7. The minimum Gasteiger partial charge on any atom is -0.510 e. The number of hydrogen-bond donors (Lipinski definition) is 3. The number of pyridine rings is 1. The van der Waals surface area contributed by atoms with Gasteiger partial charge in [-0.05, 0) is 22.7 Å². The monoisotopic (exact) mass is 446 g/mol. The van der Waals surface area contributed by atoms with Crippen LogP contribution in [0.3, 0.4) is 0 Å². The van der Waals surface area contributed by atoms with E-state index in [1.807, 2.05) is 0 Å². The Bertz CT molecular complexity index is 768. The zero-order valence-electron chi connectivity index (χ0n) is 13.6. The summed E-state index contributed by atoms with van der Waals surface area (Å²) in [5, 5.41) is 9.31. The lowest BCUT2D eigenvalue weighted by atomic mass is 10.0. The van der Waals surface area contributed by atoms with E-state index in [4.69, 9.17) is 16.3 Å². The topological polar surface area (TPSA) is 86.7 Å². The maximum absolute atomic E-state index is 14.1. The molecule has 140 valence electrons. The fourth-order valence-electron chi connectivity index (χ4n) is 2.59. The maximum Gasteiger partial charge on any atom is 0.273 e. The summed E-state index contributed by atoms with van der Waals surface area (Å²) >= 11 is 9.28. The van der Waals surface area contributed by atoms with Gasteiger partial charge in [0.15, 0.2) is 11.6 Å². The van der Waals surface area contributed by atoms with Crippen LogP contribution in [0.25, 0.3) is 0 Å². The number of alkyl halides is 1. The number of carbonyl (C=O) groups excluding carboxylic acids is 1. The van der Waals surface area contributed by atoms with Crippen molar-refractivity contribution in [2.75, 3.05) is 36.6 Å². The Morgan fingerprint density at radius 1 is 1.42 bits per heavy atom. The number of amides is 1. The zero-order valence-corrected chi connectivity index (χ0v) is 16.0. The summed E-state index contributed by atoms with van der Waals surface area (Å²) in [6.07, 6.45) is 1.91. The van der Waals surface area contributed by atoms with Gasteiger partial charge in [-0.1, -0.05) is 15.9 Å². The van der Waals surface area contributed by atoms with Gasteiger partial charge in [0, 0.05) is 19.5 Å². The Labute approximate surface area is 163 Å². The van der Waals surface area contributed by atoms with Gasteiger partial charge < -0.3 is 14.7 Å². The minimum absolute atomic E-state index is 0.0474. The van der Waals surface area contributed by atoms with Crippen LogP contribution in [-0.2, 0) is 9.53 Å². The third-order valence-electron chi connectivity index (χ3n) is 3.93. The molecule has 2 heterocycles. The molecule has 1 unspecified atom stereocenters. The van der Waals surface area contributed by atoms with Crippen molar-refractivity contribution < 1.29 is 19.0 Å². The first-order valence-corrected chi connectivity index (χ1v) is 9.17. The molecule has 3 rings (SSSR count). The molecule has 0 bridgehead atoms. The molecule has 1 amide bonds. The summed E-state index contributed by atoms with van der Waals surface area (Å²) in [5.41, 5.74) is 5.11. The molecule has 0 spiro atoms. The number of allylic oxidation sites excluding steroid dienone is 2. The Morgan fingerprint density at radius 2 is 2.15 bits per heavy atom. The number of nitrogens with one attached hydrogen (secondary N) is 2. The van der Waals surface area contributed by atoms with Gasteiger partial charge in [-0.2, -0.15) is 0 Å². The van der Waals surface area contributed by atoms with E-state index in [0.717, 1.165) is 0 Å². The molecule has 0 aromatic carbocycles.